The third-order valence-electron chi connectivity index (χ3n) is 13.5. The normalized spacial score (nSPS) is 15.6. The molecule has 0 saturated heterocycles. The van der Waals surface area contributed by atoms with Crippen molar-refractivity contribution in [3.05, 3.63) is 124 Å². The van der Waals surface area contributed by atoms with Crippen molar-refractivity contribution in [1.29, 1.82) is 0 Å². The average molecular weight is 1020 g/mol. The first-order chi connectivity index (χ1) is 36.3. The van der Waals surface area contributed by atoms with Crippen LogP contribution in [-0.4, -0.2) is 107 Å². The van der Waals surface area contributed by atoms with E-state index < -0.39 is 36.7 Å². The van der Waals surface area contributed by atoms with Crippen molar-refractivity contribution in [3.63, 3.8) is 0 Å². The second kappa shape index (κ2) is 22.4. The lowest BCUT2D eigenvalue weighted by atomic mass is 10.1. The number of ether oxygens (including phenoxy) is 4. The van der Waals surface area contributed by atoms with Crippen molar-refractivity contribution in [2.75, 3.05) is 67.5 Å². The molecule has 4 heterocycles. The molecule has 0 radical (unpaired) electrons. The number of benzene rings is 5. The van der Waals surface area contributed by atoms with Crippen molar-refractivity contribution in [1.82, 2.24) is 16.0 Å². The molecule has 2 atom stereocenters. The quantitative estimate of drug-likeness (QED) is 0.0676. The van der Waals surface area contributed by atoms with Crippen LogP contribution < -0.4 is 60.6 Å². The molecule has 5 aromatic rings. The Balaban J connectivity index is 0.905. The molecule has 7 amide bonds. The number of likely N-dealkylation sites (N-methyl/N-ethyl adjacent to an activating group) is 1. The Morgan fingerprint density at radius 3 is 1.92 bits per heavy atom. The number of methoxy groups -OCH3 is 2. The Kier molecular flexibility index (Phi) is 15.3. The van der Waals surface area contributed by atoms with Crippen LogP contribution in [0.15, 0.2) is 96.0 Å². The summed E-state index contributed by atoms with van der Waals surface area (Å²) in [6.07, 6.45) is 4.29. The van der Waals surface area contributed by atoms with Crippen LogP contribution >= 0.6 is 0 Å². The van der Waals surface area contributed by atoms with E-state index in [0.717, 1.165) is 28.9 Å². The van der Waals surface area contributed by atoms with Crippen molar-refractivity contribution < 1.29 is 52.5 Å². The average Bonchev–Trinajstić information content (AvgIpc) is 3.91. The minimum atomic E-state index is -0.638. The molecule has 9 rings (SSSR count). The first-order valence-electron chi connectivity index (χ1n) is 24.6. The summed E-state index contributed by atoms with van der Waals surface area (Å²) in [5.74, 6) is -1.59. The molecule has 0 aromatic heterocycles. The van der Waals surface area contributed by atoms with Gasteiger partial charge in [-0.05, 0) is 84.0 Å². The fourth-order valence-electron chi connectivity index (χ4n) is 9.62. The Bertz CT molecular complexity index is 3120. The Labute approximate surface area is 432 Å². The Hall–Kier alpha value is -8.94. The number of rotatable bonds is 20. The van der Waals surface area contributed by atoms with E-state index in [2.05, 4.69) is 21.3 Å². The van der Waals surface area contributed by atoms with Crippen molar-refractivity contribution in [3.8, 4) is 23.0 Å². The summed E-state index contributed by atoms with van der Waals surface area (Å²) < 4.78 is 24.4. The minimum Gasteiger partial charge on any atom is -0.493 e. The van der Waals surface area contributed by atoms with E-state index in [4.69, 9.17) is 29.7 Å². The lowest BCUT2D eigenvalue weighted by Crippen LogP contribution is -2.44. The molecule has 0 spiro atoms. The van der Waals surface area contributed by atoms with Gasteiger partial charge in [-0.3, -0.25) is 43.5 Å². The molecular weight excluding hydrogens is 963 g/mol. The molecule has 4 aliphatic heterocycles. The number of hydrogen-bond acceptors (Lipinski definition) is 13. The number of aliphatic imine (C=N–C) groups is 1. The smallest absolute Gasteiger partial charge is 0.261 e. The third-order valence-corrected chi connectivity index (χ3v) is 13.5. The van der Waals surface area contributed by atoms with E-state index in [0.29, 0.717) is 88.1 Å². The van der Waals surface area contributed by atoms with Crippen molar-refractivity contribution in [2.45, 2.75) is 63.8 Å². The summed E-state index contributed by atoms with van der Waals surface area (Å²) in [5, 5.41) is 10.9. The molecule has 6 N–H and O–H groups in total. The molecule has 20 nitrogen and oxygen atoms in total. The number of anilines is 4. The van der Waals surface area contributed by atoms with Gasteiger partial charge in [-0.1, -0.05) is 36.4 Å². The topological polar surface area (TPSA) is 253 Å². The minimum absolute atomic E-state index is 0.0138. The largest absolute Gasteiger partial charge is 0.493 e. The number of fused-ring (bicyclic) bond motifs is 8. The first-order valence-corrected chi connectivity index (χ1v) is 24.6. The monoisotopic (exact) mass is 1020 g/mol. The Morgan fingerprint density at radius 2 is 1.25 bits per heavy atom. The van der Waals surface area contributed by atoms with E-state index in [1.165, 1.54) is 19.1 Å². The first kappa shape index (κ1) is 51.0. The van der Waals surface area contributed by atoms with Crippen molar-refractivity contribution >= 4 is 76.0 Å². The molecule has 0 saturated carbocycles. The van der Waals surface area contributed by atoms with E-state index in [1.54, 1.807) is 54.6 Å². The van der Waals surface area contributed by atoms with Crippen LogP contribution in [-0.2, 0) is 50.0 Å². The van der Waals surface area contributed by atoms with Gasteiger partial charge in [-0.2, -0.15) is 0 Å². The highest BCUT2D eigenvalue weighted by Crippen LogP contribution is 2.43. The van der Waals surface area contributed by atoms with Gasteiger partial charge in [0.1, 0.15) is 13.2 Å². The zero-order valence-electron chi connectivity index (χ0n) is 41.7. The molecule has 20 heteroatoms. The van der Waals surface area contributed by atoms with Gasteiger partial charge in [0.15, 0.2) is 23.0 Å². The molecule has 0 aliphatic carbocycles. The summed E-state index contributed by atoms with van der Waals surface area (Å²) in [5.41, 5.74) is 12.5. The van der Waals surface area contributed by atoms with E-state index >= 15 is 0 Å². The molecule has 0 fully saturated rings. The van der Waals surface area contributed by atoms with Gasteiger partial charge >= 0.3 is 0 Å². The number of carbonyl (C=O) groups excluding carboxylic acids is 7. The standard InChI is InChI=1S/C55H57N9O11/c1-62(53(69)29-61-52(68)28-60-51(67)27-59-50(66)15-9-8-14-49(56)65)36-17-32(30-74-47-23-41-39(21-45(47)72-2)54(70)63-37(25-57-41)19-34-10-4-6-12-43(34)63)16-33(18-36)31-75-48-24-42-40(22-46(48)73-3)55(71)64-38(26-58-42)20-35-11-5-7-13-44(35)64/h4-7,10-13,16-18,21-25,37-38,58H,8-9,14-15,19-20,26-31H2,1-3H3,(H2,56,65)(H,59,66)(H,60,67)(H,61,68)/t37-,38-/m0/s1. The number of nitrogens with zero attached hydrogens (tertiary/aromatic N) is 4. The maximum absolute atomic E-state index is 14.1. The highest BCUT2D eigenvalue weighted by atomic mass is 16.5. The zero-order valence-corrected chi connectivity index (χ0v) is 41.7. The summed E-state index contributed by atoms with van der Waals surface area (Å²) in [7, 11) is 4.54. The molecule has 5 aromatic carbocycles. The number of nitrogens with two attached hydrogens (primary N) is 1. The van der Waals surface area contributed by atoms with Crippen LogP contribution in [0.4, 0.5) is 28.4 Å². The lowest BCUT2D eigenvalue weighted by Gasteiger charge is -2.23. The molecule has 75 heavy (non-hydrogen) atoms. The summed E-state index contributed by atoms with van der Waals surface area (Å²) in [4.78, 5) is 99.6. The highest BCUT2D eigenvalue weighted by Gasteiger charge is 2.39. The molecule has 4 aliphatic rings. The van der Waals surface area contributed by atoms with E-state index in [-0.39, 0.29) is 62.4 Å². The Morgan fingerprint density at radius 1 is 0.680 bits per heavy atom. The summed E-state index contributed by atoms with van der Waals surface area (Å²) in [6, 6.07) is 27.5. The van der Waals surface area contributed by atoms with Gasteiger partial charge < -0.3 is 55.7 Å². The summed E-state index contributed by atoms with van der Waals surface area (Å²) in [6.45, 7) is -0.745. The van der Waals surface area contributed by atoms with Crippen LogP contribution in [0.1, 0.15) is 68.7 Å². The van der Waals surface area contributed by atoms with Crippen molar-refractivity contribution in [2.24, 2.45) is 10.7 Å². The fourth-order valence-corrected chi connectivity index (χ4v) is 9.62. The fraction of sp³-hybridized carbons (Fsp3) is 0.309. The van der Waals surface area contributed by atoms with Crippen LogP contribution in [0, 0.1) is 0 Å². The lowest BCUT2D eigenvalue weighted by molar-refractivity contribution is -0.128. The predicted octanol–water partition coefficient (Wildman–Crippen LogP) is 4.50. The maximum atomic E-state index is 14.1. The highest BCUT2D eigenvalue weighted by molar-refractivity contribution is 6.15. The van der Waals surface area contributed by atoms with E-state index in [9.17, 15) is 33.6 Å². The summed E-state index contributed by atoms with van der Waals surface area (Å²) >= 11 is 0. The second-order valence-electron chi connectivity index (χ2n) is 18.5. The van der Waals surface area contributed by atoms with Gasteiger partial charge in [0.2, 0.25) is 29.5 Å². The number of carbonyl (C=O) groups is 7. The molecule has 0 bridgehead atoms. The number of para-hydroxylation sites is 2. The molecular formula is C55H57N9O11. The molecule has 0 unspecified atom stereocenters. The van der Waals surface area contributed by atoms with E-state index in [1.807, 2.05) is 59.5 Å². The van der Waals surface area contributed by atoms with Crippen LogP contribution in [0.25, 0.3) is 0 Å². The zero-order chi connectivity index (χ0) is 52.8. The SMILES string of the molecule is COc1cc2c(cc1OCc1cc(COc3cc4c(cc3OC)C(=O)N3c5ccccc5C[C@H]3CN4)cc(N(C)C(=O)CNC(=O)CNC(=O)CNC(=O)CCCCC(N)=O)c1)N=C[C@@H]1Cc3ccccc3N1C2=O. The van der Waals surface area contributed by atoms with Crippen LogP contribution in [0.5, 0.6) is 23.0 Å². The number of unbranched alkanes of at least 4 members (excludes halogenated alkanes) is 1. The maximum Gasteiger partial charge on any atom is 0.261 e. The number of amides is 7. The number of nitrogens with one attached hydrogen (secondary N) is 4. The number of hydrogen-bond donors (Lipinski definition) is 5. The van der Waals surface area contributed by atoms with Gasteiger partial charge in [-0.15, -0.1) is 0 Å². The number of primary amides is 1. The second-order valence-corrected chi connectivity index (χ2v) is 18.5. The third kappa shape index (κ3) is 11.3. The van der Waals surface area contributed by atoms with Gasteiger partial charge in [-0.25, -0.2) is 0 Å². The van der Waals surface area contributed by atoms with Crippen LogP contribution in [0.2, 0.25) is 0 Å². The van der Waals surface area contributed by atoms with Gasteiger partial charge in [0.05, 0.1) is 68.4 Å². The van der Waals surface area contributed by atoms with Crippen LogP contribution in [0.3, 0.4) is 0 Å². The molecule has 388 valence electrons. The van der Waals surface area contributed by atoms with Gasteiger partial charge in [0, 0.05) is 68.3 Å². The van der Waals surface area contributed by atoms with Gasteiger partial charge in [0.25, 0.3) is 11.8 Å². The predicted molar refractivity (Wildman–Crippen MR) is 279 cm³/mol.